The van der Waals surface area contributed by atoms with Crippen molar-refractivity contribution in [3.05, 3.63) is 64.9 Å². The second-order valence-electron chi connectivity index (χ2n) is 8.43. The third kappa shape index (κ3) is 3.54. The number of nitrogens with zero attached hydrogens (tertiary/aromatic N) is 4. The lowest BCUT2D eigenvalue weighted by Gasteiger charge is -2.38. The first kappa shape index (κ1) is 19.9. The molecule has 1 fully saturated rings. The van der Waals surface area contributed by atoms with Gasteiger partial charge in [-0.2, -0.15) is 5.10 Å². The number of aromatic nitrogens is 3. The van der Waals surface area contributed by atoms with Crippen molar-refractivity contribution in [3.8, 4) is 0 Å². The maximum absolute atomic E-state index is 14.0. The van der Waals surface area contributed by atoms with Crippen LogP contribution in [0.5, 0.6) is 0 Å². The Bertz CT molecular complexity index is 1090. The summed E-state index contributed by atoms with van der Waals surface area (Å²) in [6.07, 6.45) is 7.36. The number of hydrogen-bond acceptors (Lipinski definition) is 5. The van der Waals surface area contributed by atoms with Crippen LogP contribution in [0.3, 0.4) is 0 Å². The minimum absolute atomic E-state index is 0.123. The van der Waals surface area contributed by atoms with E-state index in [2.05, 4.69) is 27.5 Å². The predicted molar refractivity (Wildman–Crippen MR) is 119 cm³/mol. The molecule has 5 rings (SSSR count). The first-order valence-corrected chi connectivity index (χ1v) is 11.5. The Kier molecular flexibility index (Phi) is 5.09. The summed E-state index contributed by atoms with van der Waals surface area (Å²) in [5, 5.41) is 9.82. The minimum Gasteiger partial charge on any atom is -0.336 e. The van der Waals surface area contributed by atoms with Crippen LogP contribution in [0.15, 0.2) is 48.1 Å². The number of anilines is 1. The number of aryl methyl sites for hydroxylation is 1. The first-order chi connectivity index (χ1) is 15.1. The van der Waals surface area contributed by atoms with Gasteiger partial charge in [0.15, 0.2) is 5.13 Å². The van der Waals surface area contributed by atoms with Gasteiger partial charge in [-0.05, 0) is 18.4 Å². The van der Waals surface area contributed by atoms with Crippen LogP contribution in [0, 0.1) is 0 Å². The standard InChI is InChI=1S/C23H25N5O2S/c1-27-13-16-14-28(15-18(19(16)26-27)20(29)25-22-24-11-12-31-22)21(30)23(9-5-6-10-23)17-7-3-2-4-8-17/h2-4,7-8,11-13,18H,5-6,9-10,14-15H2,1H3,(H,24,25,29)/t18-/m1/s1. The molecule has 1 aromatic carbocycles. The van der Waals surface area contributed by atoms with E-state index in [0.29, 0.717) is 18.2 Å². The summed E-state index contributed by atoms with van der Waals surface area (Å²) in [6, 6.07) is 10.1. The molecule has 2 aromatic heterocycles. The van der Waals surface area contributed by atoms with E-state index in [-0.39, 0.29) is 11.8 Å². The Balaban J connectivity index is 1.47. The summed E-state index contributed by atoms with van der Waals surface area (Å²) in [5.41, 5.74) is 2.26. The summed E-state index contributed by atoms with van der Waals surface area (Å²) in [7, 11) is 1.85. The quantitative estimate of drug-likeness (QED) is 0.681. The van der Waals surface area contributed by atoms with Crippen LogP contribution in [0.25, 0.3) is 0 Å². The van der Waals surface area contributed by atoms with Crippen LogP contribution in [-0.4, -0.2) is 38.0 Å². The zero-order valence-corrected chi connectivity index (χ0v) is 18.3. The molecule has 3 aromatic rings. The average molecular weight is 436 g/mol. The van der Waals surface area contributed by atoms with Crippen molar-refractivity contribution in [2.24, 2.45) is 7.05 Å². The minimum atomic E-state index is -0.521. The number of rotatable bonds is 4. The summed E-state index contributed by atoms with van der Waals surface area (Å²) in [4.78, 5) is 33.2. The van der Waals surface area contributed by atoms with E-state index in [1.165, 1.54) is 11.3 Å². The monoisotopic (exact) mass is 435 g/mol. The van der Waals surface area contributed by atoms with Gasteiger partial charge < -0.3 is 10.2 Å². The van der Waals surface area contributed by atoms with E-state index in [9.17, 15) is 9.59 Å². The fraction of sp³-hybridized carbons (Fsp3) is 0.391. The Hall–Kier alpha value is -3.00. The lowest BCUT2D eigenvalue weighted by Crippen LogP contribution is -2.49. The van der Waals surface area contributed by atoms with Gasteiger partial charge in [-0.15, -0.1) is 11.3 Å². The van der Waals surface area contributed by atoms with Crippen molar-refractivity contribution < 1.29 is 9.59 Å². The molecule has 0 spiro atoms. The number of thiazole rings is 1. The maximum Gasteiger partial charge on any atom is 0.237 e. The average Bonchev–Trinajstić information content (AvgIpc) is 3.54. The number of amides is 2. The molecule has 1 aliphatic carbocycles. The topological polar surface area (TPSA) is 80.1 Å². The molecule has 0 unspecified atom stereocenters. The fourth-order valence-corrected chi connectivity index (χ4v) is 5.58. The van der Waals surface area contributed by atoms with Crippen LogP contribution in [-0.2, 0) is 28.6 Å². The van der Waals surface area contributed by atoms with E-state index in [4.69, 9.17) is 0 Å². The van der Waals surface area contributed by atoms with Gasteiger partial charge >= 0.3 is 0 Å². The lowest BCUT2D eigenvalue weighted by atomic mass is 9.77. The molecule has 160 valence electrons. The molecule has 1 saturated carbocycles. The van der Waals surface area contributed by atoms with Crippen LogP contribution in [0.2, 0.25) is 0 Å². The largest absolute Gasteiger partial charge is 0.336 e. The van der Waals surface area contributed by atoms with Crippen molar-refractivity contribution in [3.63, 3.8) is 0 Å². The molecular formula is C23H25N5O2S. The maximum atomic E-state index is 14.0. The molecular weight excluding hydrogens is 410 g/mol. The number of benzene rings is 1. The van der Waals surface area contributed by atoms with Crippen LogP contribution in [0.1, 0.15) is 48.4 Å². The molecule has 0 saturated heterocycles. The molecule has 0 radical (unpaired) electrons. The molecule has 0 bridgehead atoms. The second kappa shape index (κ2) is 7.92. The number of carbonyl (C=O) groups is 2. The number of nitrogens with one attached hydrogen (secondary N) is 1. The van der Waals surface area contributed by atoms with Crippen molar-refractivity contribution in [2.75, 3.05) is 11.9 Å². The SMILES string of the molecule is Cn1cc2c(n1)[C@H](C(=O)Nc1nccs1)CN(C(=O)C1(c3ccccc3)CCCC1)C2. The van der Waals surface area contributed by atoms with Crippen molar-refractivity contribution >= 4 is 28.3 Å². The smallest absolute Gasteiger partial charge is 0.237 e. The van der Waals surface area contributed by atoms with Crippen molar-refractivity contribution in [1.82, 2.24) is 19.7 Å². The number of carbonyl (C=O) groups excluding carboxylic acids is 2. The van der Waals surface area contributed by atoms with Gasteiger partial charge in [-0.25, -0.2) is 4.98 Å². The molecule has 2 aliphatic rings. The van der Waals surface area contributed by atoms with Crippen LogP contribution in [0.4, 0.5) is 5.13 Å². The van der Waals surface area contributed by atoms with Gasteiger partial charge in [0.2, 0.25) is 11.8 Å². The van der Waals surface area contributed by atoms with Crippen molar-refractivity contribution in [1.29, 1.82) is 0 Å². The van der Waals surface area contributed by atoms with Gasteiger partial charge in [-0.1, -0.05) is 43.2 Å². The van der Waals surface area contributed by atoms with Crippen molar-refractivity contribution in [2.45, 2.75) is 43.6 Å². The highest BCUT2D eigenvalue weighted by Gasteiger charge is 2.47. The van der Waals surface area contributed by atoms with E-state index >= 15 is 0 Å². The highest BCUT2D eigenvalue weighted by molar-refractivity contribution is 7.13. The van der Waals surface area contributed by atoms with Gasteiger partial charge in [0.1, 0.15) is 5.92 Å². The molecule has 31 heavy (non-hydrogen) atoms. The molecule has 1 N–H and O–H groups in total. The van der Waals surface area contributed by atoms with Gasteiger partial charge in [0.25, 0.3) is 0 Å². The molecule has 1 atom stereocenters. The lowest BCUT2D eigenvalue weighted by molar-refractivity contribution is -0.139. The molecule has 3 heterocycles. The Labute approximate surface area is 185 Å². The molecule has 2 amide bonds. The van der Waals surface area contributed by atoms with Gasteiger partial charge in [0, 0.05) is 43.5 Å². The third-order valence-electron chi connectivity index (χ3n) is 6.49. The normalized spacial score (nSPS) is 19.8. The zero-order chi connectivity index (χ0) is 21.4. The highest BCUT2D eigenvalue weighted by atomic mass is 32.1. The van der Waals surface area contributed by atoms with Gasteiger partial charge in [-0.3, -0.25) is 14.3 Å². The van der Waals surface area contributed by atoms with E-state index in [1.807, 2.05) is 41.7 Å². The number of fused-ring (bicyclic) bond motifs is 1. The zero-order valence-electron chi connectivity index (χ0n) is 17.5. The molecule has 7 nitrogen and oxygen atoms in total. The Morgan fingerprint density at radius 2 is 1.97 bits per heavy atom. The summed E-state index contributed by atoms with van der Waals surface area (Å²) < 4.78 is 1.73. The summed E-state index contributed by atoms with van der Waals surface area (Å²) in [6.45, 7) is 0.812. The van der Waals surface area contributed by atoms with E-state index in [0.717, 1.165) is 42.5 Å². The van der Waals surface area contributed by atoms with E-state index in [1.54, 1.807) is 10.9 Å². The summed E-state index contributed by atoms with van der Waals surface area (Å²) >= 11 is 1.38. The predicted octanol–water partition coefficient (Wildman–Crippen LogP) is 3.45. The fourth-order valence-electron chi connectivity index (χ4n) is 5.05. The third-order valence-corrected chi connectivity index (χ3v) is 7.18. The number of hydrogen-bond donors (Lipinski definition) is 1. The summed E-state index contributed by atoms with van der Waals surface area (Å²) in [5.74, 6) is -0.572. The van der Waals surface area contributed by atoms with Crippen LogP contribution < -0.4 is 5.32 Å². The van der Waals surface area contributed by atoms with Gasteiger partial charge in [0.05, 0.1) is 11.1 Å². The Morgan fingerprint density at radius 3 is 2.68 bits per heavy atom. The molecule has 1 aliphatic heterocycles. The Morgan fingerprint density at radius 1 is 1.19 bits per heavy atom. The first-order valence-electron chi connectivity index (χ1n) is 10.6. The molecule has 8 heteroatoms. The second-order valence-corrected chi connectivity index (χ2v) is 9.33. The van der Waals surface area contributed by atoms with Crippen LogP contribution >= 0.6 is 11.3 Å². The van der Waals surface area contributed by atoms with E-state index < -0.39 is 11.3 Å². The highest BCUT2D eigenvalue weighted by Crippen LogP contribution is 2.44.